The number of nitrogen functional groups attached to an aromatic ring is 1. The number of hydrogen-bond donors (Lipinski definition) is 2. The number of H-pyrrole nitrogens is 1. The lowest BCUT2D eigenvalue weighted by molar-refractivity contribution is -0.385. The molecule has 1 heterocycles. The predicted molar refractivity (Wildman–Crippen MR) is 61.6 cm³/mol. The molecule has 0 fully saturated rings. The van der Waals surface area contributed by atoms with Gasteiger partial charge in [-0.05, 0) is 12.1 Å². The third-order valence-electron chi connectivity index (χ3n) is 2.28. The second-order valence-corrected chi connectivity index (χ2v) is 3.33. The SMILES string of the molecule is COc1ccc(-c2cnc(N)[nH]2)cc1[N+](=O)[O-]. The van der Waals surface area contributed by atoms with Crippen molar-refractivity contribution in [1.82, 2.24) is 9.97 Å². The molecule has 0 spiro atoms. The molecule has 0 bridgehead atoms. The summed E-state index contributed by atoms with van der Waals surface area (Å²) in [5, 5.41) is 10.8. The molecule has 1 aromatic heterocycles. The molecule has 0 amide bonds. The van der Waals surface area contributed by atoms with Gasteiger partial charge in [0, 0.05) is 11.6 Å². The van der Waals surface area contributed by atoms with Gasteiger partial charge < -0.3 is 15.5 Å². The molecule has 0 saturated carbocycles. The first-order chi connectivity index (χ1) is 8.11. The van der Waals surface area contributed by atoms with E-state index in [1.807, 2.05) is 0 Å². The molecule has 7 nitrogen and oxygen atoms in total. The Bertz CT molecular complexity index is 564. The number of methoxy groups -OCH3 is 1. The summed E-state index contributed by atoms with van der Waals surface area (Å²) in [6.45, 7) is 0. The van der Waals surface area contributed by atoms with Crippen LogP contribution in [0.1, 0.15) is 0 Å². The van der Waals surface area contributed by atoms with Crippen LogP contribution in [0.3, 0.4) is 0 Å². The van der Waals surface area contributed by atoms with Gasteiger partial charge in [-0.25, -0.2) is 4.98 Å². The van der Waals surface area contributed by atoms with Gasteiger partial charge in [-0.3, -0.25) is 10.1 Å². The molecule has 88 valence electrons. The minimum absolute atomic E-state index is 0.0989. The third kappa shape index (κ3) is 2.03. The zero-order chi connectivity index (χ0) is 12.4. The van der Waals surface area contributed by atoms with E-state index in [2.05, 4.69) is 9.97 Å². The number of hydrogen-bond acceptors (Lipinski definition) is 5. The van der Waals surface area contributed by atoms with Crippen molar-refractivity contribution < 1.29 is 9.66 Å². The quantitative estimate of drug-likeness (QED) is 0.619. The number of nitro groups is 1. The minimum atomic E-state index is -0.498. The fourth-order valence-corrected chi connectivity index (χ4v) is 1.48. The number of nitrogens with one attached hydrogen (secondary N) is 1. The molecule has 17 heavy (non-hydrogen) atoms. The number of aromatic nitrogens is 2. The summed E-state index contributed by atoms with van der Waals surface area (Å²) in [7, 11) is 1.39. The van der Waals surface area contributed by atoms with Gasteiger partial charge in [0.15, 0.2) is 11.7 Å². The highest BCUT2D eigenvalue weighted by molar-refractivity contribution is 5.66. The zero-order valence-electron chi connectivity index (χ0n) is 9.01. The Morgan fingerprint density at radius 1 is 1.53 bits per heavy atom. The topological polar surface area (TPSA) is 107 Å². The fourth-order valence-electron chi connectivity index (χ4n) is 1.48. The van der Waals surface area contributed by atoms with Crippen molar-refractivity contribution in [3.05, 3.63) is 34.5 Å². The normalized spacial score (nSPS) is 10.2. The summed E-state index contributed by atoms with van der Waals surface area (Å²) in [6.07, 6.45) is 1.51. The summed E-state index contributed by atoms with van der Waals surface area (Å²) in [5.74, 6) is 0.477. The first-order valence-corrected chi connectivity index (χ1v) is 4.75. The van der Waals surface area contributed by atoms with Crippen molar-refractivity contribution in [3.63, 3.8) is 0 Å². The summed E-state index contributed by atoms with van der Waals surface area (Å²) in [5.41, 5.74) is 6.59. The van der Waals surface area contributed by atoms with Crippen molar-refractivity contribution >= 4 is 11.6 Å². The number of nitro benzene ring substituents is 1. The number of benzene rings is 1. The average molecular weight is 234 g/mol. The largest absolute Gasteiger partial charge is 0.490 e. The first kappa shape index (κ1) is 10.9. The summed E-state index contributed by atoms with van der Waals surface area (Å²) in [4.78, 5) is 17.0. The standard InChI is InChI=1S/C10H10N4O3/c1-17-9-3-2-6(4-8(9)14(15)16)7-5-12-10(11)13-7/h2-5H,1H3,(H3,11,12,13). The molecule has 7 heteroatoms. The number of ether oxygens (including phenoxy) is 1. The van der Waals surface area contributed by atoms with Crippen LogP contribution in [0.5, 0.6) is 5.75 Å². The Kier molecular flexibility index (Phi) is 2.65. The number of nitrogens with two attached hydrogens (primary N) is 1. The Balaban J connectivity index is 2.50. The van der Waals surface area contributed by atoms with Crippen LogP contribution in [0, 0.1) is 10.1 Å². The molecule has 3 N–H and O–H groups in total. The molecule has 2 rings (SSSR count). The van der Waals surface area contributed by atoms with E-state index >= 15 is 0 Å². The molecule has 0 atom stereocenters. The molecule has 0 saturated heterocycles. The van der Waals surface area contributed by atoms with Crippen LogP contribution in [0.4, 0.5) is 11.6 Å². The van der Waals surface area contributed by atoms with Crippen molar-refractivity contribution in [3.8, 4) is 17.0 Å². The smallest absolute Gasteiger partial charge is 0.311 e. The van der Waals surface area contributed by atoms with Crippen molar-refractivity contribution in [2.45, 2.75) is 0 Å². The number of rotatable bonds is 3. The Labute approximate surface area is 96.4 Å². The highest BCUT2D eigenvalue weighted by atomic mass is 16.6. The molecule has 0 aliphatic rings. The van der Waals surface area contributed by atoms with E-state index in [-0.39, 0.29) is 17.4 Å². The second kappa shape index (κ2) is 4.12. The van der Waals surface area contributed by atoms with Gasteiger partial charge in [0.25, 0.3) is 0 Å². The van der Waals surface area contributed by atoms with Crippen LogP contribution < -0.4 is 10.5 Å². The van der Waals surface area contributed by atoms with Gasteiger partial charge in [-0.15, -0.1) is 0 Å². The Hall–Kier alpha value is -2.57. The summed E-state index contributed by atoms with van der Waals surface area (Å²) in [6, 6.07) is 4.63. The van der Waals surface area contributed by atoms with E-state index in [1.165, 1.54) is 25.4 Å². The maximum Gasteiger partial charge on any atom is 0.311 e. The van der Waals surface area contributed by atoms with E-state index in [1.54, 1.807) is 6.07 Å². The number of imidazole rings is 1. The second-order valence-electron chi connectivity index (χ2n) is 3.33. The van der Waals surface area contributed by atoms with Gasteiger partial charge >= 0.3 is 5.69 Å². The van der Waals surface area contributed by atoms with Crippen LogP contribution in [0.2, 0.25) is 0 Å². The molecule has 2 aromatic rings. The van der Waals surface area contributed by atoms with Gasteiger partial charge in [-0.1, -0.05) is 0 Å². The molecular formula is C10H10N4O3. The Morgan fingerprint density at radius 3 is 2.82 bits per heavy atom. The van der Waals surface area contributed by atoms with Crippen LogP contribution in [-0.4, -0.2) is 22.0 Å². The zero-order valence-corrected chi connectivity index (χ0v) is 9.01. The fraction of sp³-hybridized carbons (Fsp3) is 0.100. The van der Waals surface area contributed by atoms with E-state index in [4.69, 9.17) is 10.5 Å². The minimum Gasteiger partial charge on any atom is -0.490 e. The number of anilines is 1. The van der Waals surface area contributed by atoms with Crippen molar-refractivity contribution in [1.29, 1.82) is 0 Å². The van der Waals surface area contributed by atoms with Crippen molar-refractivity contribution in [2.75, 3.05) is 12.8 Å². The predicted octanol–water partition coefficient (Wildman–Crippen LogP) is 1.58. The maximum atomic E-state index is 10.8. The molecule has 1 aromatic carbocycles. The monoisotopic (exact) mass is 234 g/mol. The molecular weight excluding hydrogens is 224 g/mol. The molecule has 0 aliphatic carbocycles. The van der Waals surface area contributed by atoms with Gasteiger partial charge in [0.2, 0.25) is 0 Å². The first-order valence-electron chi connectivity index (χ1n) is 4.75. The molecule has 0 aliphatic heterocycles. The number of nitrogens with zero attached hydrogens (tertiary/aromatic N) is 2. The van der Waals surface area contributed by atoms with Gasteiger partial charge in [0.1, 0.15) is 0 Å². The lowest BCUT2D eigenvalue weighted by Crippen LogP contribution is -1.94. The molecule has 0 unspecified atom stereocenters. The van der Waals surface area contributed by atoms with Crippen LogP contribution >= 0.6 is 0 Å². The van der Waals surface area contributed by atoms with Crippen molar-refractivity contribution in [2.24, 2.45) is 0 Å². The summed E-state index contributed by atoms with van der Waals surface area (Å²) >= 11 is 0. The maximum absolute atomic E-state index is 10.8. The van der Waals surface area contributed by atoms with Crippen LogP contribution in [-0.2, 0) is 0 Å². The van der Waals surface area contributed by atoms with Crippen LogP contribution in [0.15, 0.2) is 24.4 Å². The van der Waals surface area contributed by atoms with Crippen LogP contribution in [0.25, 0.3) is 11.3 Å². The third-order valence-corrected chi connectivity index (χ3v) is 2.28. The lowest BCUT2D eigenvalue weighted by atomic mass is 10.1. The average Bonchev–Trinajstić information content (AvgIpc) is 2.75. The summed E-state index contributed by atoms with van der Waals surface area (Å²) < 4.78 is 4.91. The highest BCUT2D eigenvalue weighted by Gasteiger charge is 2.16. The van der Waals surface area contributed by atoms with E-state index in [0.717, 1.165) is 0 Å². The number of aromatic amines is 1. The molecule has 0 radical (unpaired) electrons. The van der Waals surface area contributed by atoms with E-state index < -0.39 is 4.92 Å². The highest BCUT2D eigenvalue weighted by Crippen LogP contribution is 2.31. The van der Waals surface area contributed by atoms with Gasteiger partial charge in [0.05, 0.1) is 23.9 Å². The van der Waals surface area contributed by atoms with E-state index in [0.29, 0.717) is 11.3 Å². The van der Waals surface area contributed by atoms with E-state index in [9.17, 15) is 10.1 Å². The van der Waals surface area contributed by atoms with Gasteiger partial charge in [-0.2, -0.15) is 0 Å². The Morgan fingerprint density at radius 2 is 2.29 bits per heavy atom. The lowest BCUT2D eigenvalue weighted by Gasteiger charge is -2.03.